The maximum atomic E-state index is 5.33. The van der Waals surface area contributed by atoms with Gasteiger partial charge >= 0.3 is 0 Å². The van der Waals surface area contributed by atoms with E-state index in [1.807, 2.05) is 12.1 Å². The maximum Gasteiger partial charge on any atom is 0.119 e. The monoisotopic (exact) mass is 313 g/mol. The second kappa shape index (κ2) is 6.25. The lowest BCUT2D eigenvalue weighted by molar-refractivity contribution is 0.415. The molecule has 0 amide bonds. The molecule has 0 atom stereocenters. The number of hydrogen-bond donors (Lipinski definition) is 0. The highest BCUT2D eigenvalue weighted by atomic mass is 16.5. The fourth-order valence-corrected chi connectivity index (χ4v) is 3.10. The highest BCUT2D eigenvalue weighted by molar-refractivity contribution is 5.86. The van der Waals surface area contributed by atoms with E-state index >= 15 is 0 Å². The van der Waals surface area contributed by atoms with E-state index in [1.54, 1.807) is 7.11 Å². The number of aromatic nitrogens is 1. The third-order valence-electron chi connectivity index (χ3n) is 4.37. The predicted octanol–water partition coefficient (Wildman–Crippen LogP) is 5.37. The SMILES string of the molecule is COc1cccc(-c2ccc3c(ccn3Cc3ccccc3)c2)c1. The van der Waals surface area contributed by atoms with Crippen LogP contribution < -0.4 is 4.74 Å². The molecule has 4 rings (SSSR count). The first-order valence-electron chi connectivity index (χ1n) is 8.11. The first-order chi connectivity index (χ1) is 11.8. The molecule has 3 aromatic carbocycles. The molecule has 0 unspecified atom stereocenters. The standard InChI is InChI=1S/C22H19NO/c1-24-21-9-5-8-18(15-21)19-10-11-22-20(14-19)12-13-23(22)16-17-6-3-2-4-7-17/h2-15H,16H2,1H3. The minimum Gasteiger partial charge on any atom is -0.497 e. The van der Waals surface area contributed by atoms with Crippen LogP contribution >= 0.6 is 0 Å². The molecule has 0 radical (unpaired) electrons. The van der Waals surface area contributed by atoms with Crippen molar-refractivity contribution in [3.8, 4) is 16.9 Å². The van der Waals surface area contributed by atoms with Crippen molar-refractivity contribution in [3.63, 3.8) is 0 Å². The molecule has 0 aliphatic heterocycles. The Labute approximate surface area is 141 Å². The summed E-state index contributed by atoms with van der Waals surface area (Å²) in [5.74, 6) is 0.884. The van der Waals surface area contributed by atoms with Crippen LogP contribution in [0.3, 0.4) is 0 Å². The largest absolute Gasteiger partial charge is 0.497 e. The number of nitrogens with zero attached hydrogens (tertiary/aromatic N) is 1. The molecule has 0 N–H and O–H groups in total. The van der Waals surface area contributed by atoms with Gasteiger partial charge in [-0.15, -0.1) is 0 Å². The average Bonchev–Trinajstić information content (AvgIpc) is 3.05. The average molecular weight is 313 g/mol. The quantitative estimate of drug-likeness (QED) is 0.494. The summed E-state index contributed by atoms with van der Waals surface area (Å²) in [4.78, 5) is 0. The van der Waals surface area contributed by atoms with Crippen LogP contribution in [0.5, 0.6) is 5.75 Å². The van der Waals surface area contributed by atoms with Crippen LogP contribution in [0.25, 0.3) is 22.0 Å². The van der Waals surface area contributed by atoms with Crippen molar-refractivity contribution in [2.45, 2.75) is 6.54 Å². The lowest BCUT2D eigenvalue weighted by Gasteiger charge is -2.08. The smallest absolute Gasteiger partial charge is 0.119 e. The van der Waals surface area contributed by atoms with E-state index in [0.29, 0.717) is 0 Å². The molecular weight excluding hydrogens is 294 g/mol. The molecule has 0 fully saturated rings. The van der Waals surface area contributed by atoms with E-state index in [2.05, 4.69) is 77.5 Å². The van der Waals surface area contributed by atoms with Crippen molar-refractivity contribution in [2.75, 3.05) is 7.11 Å². The van der Waals surface area contributed by atoms with Gasteiger partial charge < -0.3 is 9.30 Å². The predicted molar refractivity (Wildman–Crippen MR) is 99.5 cm³/mol. The van der Waals surface area contributed by atoms with Crippen LogP contribution in [0.15, 0.2) is 85.1 Å². The van der Waals surface area contributed by atoms with Gasteiger partial charge in [0.05, 0.1) is 7.11 Å². The van der Waals surface area contributed by atoms with Crippen LogP contribution in [-0.4, -0.2) is 11.7 Å². The minimum absolute atomic E-state index is 0.884. The van der Waals surface area contributed by atoms with Crippen molar-refractivity contribution < 1.29 is 4.74 Å². The fourth-order valence-electron chi connectivity index (χ4n) is 3.10. The van der Waals surface area contributed by atoms with E-state index in [1.165, 1.54) is 27.6 Å². The van der Waals surface area contributed by atoms with Crippen molar-refractivity contribution in [2.24, 2.45) is 0 Å². The zero-order valence-corrected chi connectivity index (χ0v) is 13.6. The Kier molecular flexibility index (Phi) is 3.80. The molecule has 2 nitrogen and oxygen atoms in total. The maximum absolute atomic E-state index is 5.33. The number of hydrogen-bond acceptors (Lipinski definition) is 1. The molecular formula is C22H19NO. The highest BCUT2D eigenvalue weighted by Crippen LogP contribution is 2.28. The van der Waals surface area contributed by atoms with Crippen molar-refractivity contribution in [1.82, 2.24) is 4.57 Å². The van der Waals surface area contributed by atoms with Gasteiger partial charge in [0.1, 0.15) is 5.75 Å². The molecule has 0 saturated heterocycles. The Morgan fingerprint density at radius 1 is 0.792 bits per heavy atom. The van der Waals surface area contributed by atoms with Crippen molar-refractivity contribution >= 4 is 10.9 Å². The van der Waals surface area contributed by atoms with Gasteiger partial charge in [-0.1, -0.05) is 48.5 Å². The van der Waals surface area contributed by atoms with E-state index in [-0.39, 0.29) is 0 Å². The van der Waals surface area contributed by atoms with E-state index in [0.717, 1.165) is 12.3 Å². The Hall–Kier alpha value is -3.00. The van der Waals surface area contributed by atoms with Gasteiger partial charge in [-0.05, 0) is 47.0 Å². The second-order valence-corrected chi connectivity index (χ2v) is 5.93. The first-order valence-corrected chi connectivity index (χ1v) is 8.11. The molecule has 24 heavy (non-hydrogen) atoms. The molecule has 0 saturated carbocycles. The van der Waals surface area contributed by atoms with Crippen LogP contribution in [0, 0.1) is 0 Å². The summed E-state index contributed by atoms with van der Waals surface area (Å²) >= 11 is 0. The Morgan fingerprint density at radius 2 is 1.62 bits per heavy atom. The lowest BCUT2D eigenvalue weighted by Crippen LogP contribution is -1.97. The zero-order valence-electron chi connectivity index (χ0n) is 13.6. The number of benzene rings is 3. The van der Waals surface area contributed by atoms with Gasteiger partial charge in [0.15, 0.2) is 0 Å². The first kappa shape index (κ1) is 14.6. The molecule has 0 aliphatic rings. The molecule has 2 heteroatoms. The molecule has 1 heterocycles. The van der Waals surface area contributed by atoms with E-state index in [4.69, 9.17) is 4.74 Å². The highest BCUT2D eigenvalue weighted by Gasteiger charge is 2.05. The Bertz CT molecular complexity index is 970. The van der Waals surface area contributed by atoms with Crippen molar-refractivity contribution in [3.05, 3.63) is 90.6 Å². The Morgan fingerprint density at radius 3 is 2.46 bits per heavy atom. The number of rotatable bonds is 4. The second-order valence-electron chi connectivity index (χ2n) is 5.93. The Balaban J connectivity index is 1.70. The lowest BCUT2D eigenvalue weighted by atomic mass is 10.0. The number of methoxy groups -OCH3 is 1. The summed E-state index contributed by atoms with van der Waals surface area (Å²) in [5, 5.41) is 1.26. The summed E-state index contributed by atoms with van der Waals surface area (Å²) in [6.45, 7) is 0.892. The van der Waals surface area contributed by atoms with Gasteiger partial charge in [-0.25, -0.2) is 0 Å². The summed E-state index contributed by atoms with van der Waals surface area (Å²) in [7, 11) is 1.70. The van der Waals surface area contributed by atoms with E-state index in [9.17, 15) is 0 Å². The normalized spacial score (nSPS) is 10.9. The minimum atomic E-state index is 0.884. The van der Waals surface area contributed by atoms with Gasteiger partial charge in [-0.3, -0.25) is 0 Å². The van der Waals surface area contributed by atoms with Crippen LogP contribution in [0.4, 0.5) is 0 Å². The molecule has 1 aromatic heterocycles. The summed E-state index contributed by atoms with van der Waals surface area (Å²) in [5.41, 5.74) is 4.95. The van der Waals surface area contributed by atoms with Gasteiger partial charge in [0, 0.05) is 23.6 Å². The third-order valence-corrected chi connectivity index (χ3v) is 4.37. The summed E-state index contributed by atoms with van der Waals surface area (Å²) < 4.78 is 7.62. The zero-order chi connectivity index (χ0) is 16.4. The van der Waals surface area contributed by atoms with Crippen LogP contribution in [0.1, 0.15) is 5.56 Å². The topological polar surface area (TPSA) is 14.2 Å². The van der Waals surface area contributed by atoms with Crippen LogP contribution in [-0.2, 0) is 6.54 Å². The summed E-state index contributed by atoms with van der Waals surface area (Å²) in [6, 6.07) is 27.5. The molecule has 4 aromatic rings. The molecule has 0 spiro atoms. The van der Waals surface area contributed by atoms with Crippen LogP contribution in [0.2, 0.25) is 0 Å². The summed E-state index contributed by atoms with van der Waals surface area (Å²) in [6.07, 6.45) is 2.16. The van der Waals surface area contributed by atoms with Crippen molar-refractivity contribution in [1.29, 1.82) is 0 Å². The molecule has 0 bridgehead atoms. The molecule has 118 valence electrons. The van der Waals surface area contributed by atoms with E-state index < -0.39 is 0 Å². The third kappa shape index (κ3) is 2.79. The van der Waals surface area contributed by atoms with Gasteiger partial charge in [0.25, 0.3) is 0 Å². The fraction of sp³-hybridized carbons (Fsp3) is 0.0909. The number of ether oxygens (including phenoxy) is 1. The van der Waals surface area contributed by atoms with Gasteiger partial charge in [0.2, 0.25) is 0 Å². The molecule has 0 aliphatic carbocycles. The number of fused-ring (bicyclic) bond motifs is 1. The van der Waals surface area contributed by atoms with Gasteiger partial charge in [-0.2, -0.15) is 0 Å².